The zero-order valence-electron chi connectivity index (χ0n) is 6.46. The first kappa shape index (κ1) is 8.66. The van der Waals surface area contributed by atoms with Gasteiger partial charge in [-0.2, -0.15) is 0 Å². The van der Waals surface area contributed by atoms with Crippen LogP contribution in [0.1, 0.15) is 13.8 Å². The number of nitrogens with zero attached hydrogens (tertiary/aromatic N) is 1. The fourth-order valence-electron chi connectivity index (χ4n) is 0.537. The Morgan fingerprint density at radius 2 is 2.00 bits per heavy atom. The summed E-state index contributed by atoms with van der Waals surface area (Å²) in [7, 11) is 1.98. The van der Waals surface area contributed by atoms with Crippen molar-refractivity contribution < 1.29 is 0 Å². The number of hydrogen-bond donors (Lipinski definition) is 1. The highest BCUT2D eigenvalue weighted by Gasteiger charge is 2.07. The molecule has 9 heavy (non-hydrogen) atoms. The van der Waals surface area contributed by atoms with E-state index in [9.17, 15) is 0 Å². The summed E-state index contributed by atoms with van der Waals surface area (Å²) in [5, 5.41) is 0. The van der Waals surface area contributed by atoms with Crippen LogP contribution in [-0.4, -0.2) is 24.2 Å². The molecule has 0 radical (unpaired) electrons. The van der Waals surface area contributed by atoms with E-state index < -0.39 is 0 Å². The van der Waals surface area contributed by atoms with Gasteiger partial charge in [-0.05, 0) is 20.9 Å². The van der Waals surface area contributed by atoms with E-state index in [-0.39, 0.29) is 6.17 Å². The van der Waals surface area contributed by atoms with Gasteiger partial charge < -0.3 is 5.73 Å². The van der Waals surface area contributed by atoms with E-state index >= 15 is 0 Å². The van der Waals surface area contributed by atoms with Crippen molar-refractivity contribution in [1.29, 1.82) is 0 Å². The van der Waals surface area contributed by atoms with Crippen molar-refractivity contribution in [1.82, 2.24) is 4.90 Å². The normalized spacial score (nSPS) is 17.4. The Bertz CT molecular complexity index is 88.9. The predicted octanol–water partition coefficient (Wildman–Crippen LogP) is 0.797. The van der Waals surface area contributed by atoms with E-state index in [2.05, 4.69) is 13.5 Å². The molecule has 0 spiro atoms. The SMILES string of the molecule is C=CC(C)N(C)C(C)N. The molecule has 54 valence electrons. The molecule has 2 unspecified atom stereocenters. The standard InChI is InChI=1S/C7H16N2/c1-5-6(2)9(4)7(3)8/h5-7H,1,8H2,2-4H3. The van der Waals surface area contributed by atoms with E-state index in [1.807, 2.05) is 24.9 Å². The monoisotopic (exact) mass is 128 g/mol. The molecular formula is C7H16N2. The lowest BCUT2D eigenvalue weighted by atomic mass is 10.3. The third kappa shape index (κ3) is 2.63. The largest absolute Gasteiger partial charge is 0.316 e. The Morgan fingerprint density at radius 1 is 1.56 bits per heavy atom. The minimum Gasteiger partial charge on any atom is -0.316 e. The smallest absolute Gasteiger partial charge is 0.0545 e. The molecule has 0 saturated carbocycles. The molecule has 2 N–H and O–H groups in total. The molecule has 0 bridgehead atoms. The second kappa shape index (κ2) is 3.64. The van der Waals surface area contributed by atoms with Crippen molar-refractivity contribution in [2.24, 2.45) is 5.73 Å². The molecule has 0 aromatic carbocycles. The van der Waals surface area contributed by atoms with Gasteiger partial charge in [0.1, 0.15) is 0 Å². The predicted molar refractivity (Wildman–Crippen MR) is 41.1 cm³/mol. The first-order valence-corrected chi connectivity index (χ1v) is 3.19. The summed E-state index contributed by atoms with van der Waals surface area (Å²) in [6, 6.07) is 0.366. The Morgan fingerprint density at radius 3 is 2.11 bits per heavy atom. The fraction of sp³-hybridized carbons (Fsp3) is 0.714. The lowest BCUT2D eigenvalue weighted by Crippen LogP contribution is -2.41. The van der Waals surface area contributed by atoms with Crippen LogP contribution in [0.15, 0.2) is 12.7 Å². The van der Waals surface area contributed by atoms with E-state index in [0.717, 1.165) is 0 Å². The van der Waals surface area contributed by atoms with Crippen molar-refractivity contribution in [3.05, 3.63) is 12.7 Å². The first-order valence-electron chi connectivity index (χ1n) is 3.19. The average molecular weight is 128 g/mol. The molecule has 0 aliphatic carbocycles. The minimum absolute atomic E-state index is 0.109. The maximum Gasteiger partial charge on any atom is 0.0545 e. The molecule has 0 heterocycles. The van der Waals surface area contributed by atoms with Crippen LogP contribution in [0, 0.1) is 0 Å². The molecule has 0 fully saturated rings. The third-order valence-corrected chi connectivity index (χ3v) is 1.63. The minimum atomic E-state index is 0.109. The van der Waals surface area contributed by atoms with Crippen LogP contribution in [0.2, 0.25) is 0 Å². The van der Waals surface area contributed by atoms with Crippen molar-refractivity contribution in [2.45, 2.75) is 26.1 Å². The van der Waals surface area contributed by atoms with Gasteiger partial charge in [-0.15, -0.1) is 6.58 Å². The Kier molecular flexibility index (Phi) is 3.50. The first-order chi connectivity index (χ1) is 4.09. The van der Waals surface area contributed by atoms with Crippen molar-refractivity contribution in [3.8, 4) is 0 Å². The van der Waals surface area contributed by atoms with E-state index in [1.54, 1.807) is 0 Å². The molecule has 0 aromatic rings. The van der Waals surface area contributed by atoms with Crippen LogP contribution in [0.3, 0.4) is 0 Å². The fourth-order valence-corrected chi connectivity index (χ4v) is 0.537. The maximum absolute atomic E-state index is 5.59. The molecule has 2 atom stereocenters. The van der Waals surface area contributed by atoms with Gasteiger partial charge in [-0.1, -0.05) is 6.08 Å². The Balaban J connectivity index is 3.71. The van der Waals surface area contributed by atoms with Crippen LogP contribution in [0.25, 0.3) is 0 Å². The maximum atomic E-state index is 5.59. The highest BCUT2D eigenvalue weighted by atomic mass is 15.2. The topological polar surface area (TPSA) is 29.3 Å². The molecule has 2 heteroatoms. The quantitative estimate of drug-likeness (QED) is 0.450. The summed E-state index contributed by atoms with van der Waals surface area (Å²) in [5.74, 6) is 0. The number of rotatable bonds is 3. The average Bonchev–Trinajstić information content (AvgIpc) is 1.84. The molecular weight excluding hydrogens is 112 g/mol. The molecule has 0 rings (SSSR count). The van der Waals surface area contributed by atoms with Crippen molar-refractivity contribution in [3.63, 3.8) is 0 Å². The summed E-state index contributed by atoms with van der Waals surface area (Å²) in [4.78, 5) is 2.05. The van der Waals surface area contributed by atoms with Gasteiger partial charge in [-0.3, -0.25) is 4.90 Å². The van der Waals surface area contributed by atoms with Gasteiger partial charge in [-0.25, -0.2) is 0 Å². The summed E-state index contributed by atoms with van der Waals surface area (Å²) in [5.41, 5.74) is 5.59. The summed E-state index contributed by atoms with van der Waals surface area (Å²) in [6.07, 6.45) is 1.99. The summed E-state index contributed by atoms with van der Waals surface area (Å²) in [6.45, 7) is 7.69. The molecule has 0 amide bonds. The van der Waals surface area contributed by atoms with E-state index in [4.69, 9.17) is 5.73 Å². The van der Waals surface area contributed by atoms with Gasteiger partial charge in [0.05, 0.1) is 6.17 Å². The lowest BCUT2D eigenvalue weighted by molar-refractivity contribution is 0.232. The van der Waals surface area contributed by atoms with Crippen molar-refractivity contribution in [2.75, 3.05) is 7.05 Å². The third-order valence-electron chi connectivity index (χ3n) is 1.63. The molecule has 0 saturated heterocycles. The zero-order valence-corrected chi connectivity index (χ0v) is 6.46. The molecule has 0 aliphatic rings. The van der Waals surface area contributed by atoms with Crippen LogP contribution in [0.4, 0.5) is 0 Å². The summed E-state index contributed by atoms with van der Waals surface area (Å²) >= 11 is 0. The van der Waals surface area contributed by atoms with Crippen LogP contribution in [0.5, 0.6) is 0 Å². The molecule has 0 aliphatic heterocycles. The number of nitrogens with two attached hydrogens (primary N) is 1. The van der Waals surface area contributed by atoms with Gasteiger partial charge in [0.25, 0.3) is 0 Å². The summed E-state index contributed by atoms with van der Waals surface area (Å²) < 4.78 is 0. The highest BCUT2D eigenvalue weighted by Crippen LogP contribution is 1.97. The lowest BCUT2D eigenvalue weighted by Gasteiger charge is -2.25. The highest BCUT2D eigenvalue weighted by molar-refractivity contribution is 4.83. The number of hydrogen-bond acceptors (Lipinski definition) is 2. The van der Waals surface area contributed by atoms with E-state index in [1.165, 1.54) is 0 Å². The van der Waals surface area contributed by atoms with Gasteiger partial charge >= 0.3 is 0 Å². The second-order valence-electron chi connectivity index (χ2n) is 2.38. The second-order valence-corrected chi connectivity index (χ2v) is 2.38. The van der Waals surface area contributed by atoms with Gasteiger partial charge in [0.2, 0.25) is 0 Å². The molecule has 2 nitrogen and oxygen atoms in total. The van der Waals surface area contributed by atoms with Crippen LogP contribution >= 0.6 is 0 Å². The Labute approximate surface area is 57.3 Å². The van der Waals surface area contributed by atoms with E-state index in [0.29, 0.717) is 6.04 Å². The number of likely N-dealkylation sites (N-methyl/N-ethyl adjacent to an activating group) is 1. The van der Waals surface area contributed by atoms with Gasteiger partial charge in [0.15, 0.2) is 0 Å². The molecule has 0 aromatic heterocycles. The van der Waals surface area contributed by atoms with Crippen LogP contribution in [-0.2, 0) is 0 Å². The van der Waals surface area contributed by atoms with Crippen molar-refractivity contribution >= 4 is 0 Å². The van der Waals surface area contributed by atoms with Crippen LogP contribution < -0.4 is 5.73 Å². The van der Waals surface area contributed by atoms with Gasteiger partial charge in [0, 0.05) is 6.04 Å². The Hall–Kier alpha value is -0.340. The zero-order chi connectivity index (χ0) is 7.44.